The molecule has 1 aliphatic carbocycles. The molecule has 116 valence electrons. The quantitative estimate of drug-likeness (QED) is 0.549. The molecule has 21 heavy (non-hydrogen) atoms. The predicted molar refractivity (Wildman–Crippen MR) is 91.5 cm³/mol. The highest BCUT2D eigenvalue weighted by Crippen LogP contribution is 2.39. The van der Waals surface area contributed by atoms with Gasteiger partial charge in [-0.3, -0.25) is 15.6 Å². The number of hydrazine groups is 1. The predicted octanol–water partition coefficient (Wildman–Crippen LogP) is 2.64. The zero-order valence-corrected chi connectivity index (χ0v) is 14.6. The molecule has 1 atom stereocenters. The zero-order chi connectivity index (χ0) is 15.6. The van der Waals surface area contributed by atoms with Gasteiger partial charge in [-0.05, 0) is 54.4 Å². The largest absolute Gasteiger partial charge is 0.364 e. The first-order chi connectivity index (χ1) is 9.81. The molecule has 1 amide bonds. The van der Waals surface area contributed by atoms with E-state index in [1.165, 1.54) is 16.9 Å². The summed E-state index contributed by atoms with van der Waals surface area (Å²) >= 11 is 6.53. The highest BCUT2D eigenvalue weighted by molar-refractivity contribution is 7.80. The van der Waals surface area contributed by atoms with E-state index in [-0.39, 0.29) is 5.91 Å². The maximum absolute atomic E-state index is 12.1. The molecule has 2 rings (SSSR count). The Kier molecular flexibility index (Phi) is 4.88. The molecule has 0 aliphatic heterocycles. The van der Waals surface area contributed by atoms with Crippen LogP contribution < -0.4 is 16.2 Å². The Morgan fingerprint density at radius 3 is 2.71 bits per heavy atom. The monoisotopic (exact) mass is 325 g/mol. The van der Waals surface area contributed by atoms with E-state index in [9.17, 15) is 4.79 Å². The minimum absolute atomic E-state index is 0.126. The third-order valence-corrected chi connectivity index (χ3v) is 5.59. The van der Waals surface area contributed by atoms with Crippen LogP contribution in [-0.4, -0.2) is 18.1 Å². The third kappa shape index (κ3) is 3.95. The van der Waals surface area contributed by atoms with Crippen LogP contribution in [0.25, 0.3) is 0 Å². The number of carbonyl (C=O) groups excluding carboxylic acids is 1. The van der Waals surface area contributed by atoms with Gasteiger partial charge < -0.3 is 5.32 Å². The first-order valence-corrected chi connectivity index (χ1v) is 8.43. The Bertz CT molecular complexity index is 546. The first-order valence-electron chi connectivity index (χ1n) is 7.21. The molecule has 0 unspecified atom stereocenters. The molecule has 1 heterocycles. The molecular weight excluding hydrogens is 302 g/mol. The van der Waals surface area contributed by atoms with Crippen LogP contribution in [-0.2, 0) is 12.8 Å². The second-order valence-corrected chi connectivity index (χ2v) is 8.07. The molecule has 0 spiro atoms. The van der Waals surface area contributed by atoms with Crippen molar-refractivity contribution < 1.29 is 4.79 Å². The molecule has 0 saturated carbocycles. The summed E-state index contributed by atoms with van der Waals surface area (Å²) in [5.74, 6) is 0.560. The SMILES string of the molecule is CNC(=S)NNC(=O)c1cc2c(s1)CC[C@H](C(C)(C)C)C2. The zero-order valence-electron chi connectivity index (χ0n) is 13.0. The standard InChI is InChI=1S/C15H23N3OS2/c1-15(2,3)10-5-6-11-9(7-10)8-12(21-11)13(19)17-18-14(20)16-4/h8,10H,5-7H2,1-4H3,(H,17,19)(H2,16,18,20)/t10-/m0/s1. The van der Waals surface area contributed by atoms with Gasteiger partial charge in [0, 0.05) is 11.9 Å². The fourth-order valence-electron chi connectivity index (χ4n) is 2.61. The molecule has 3 N–H and O–H groups in total. The van der Waals surface area contributed by atoms with Gasteiger partial charge in [0.25, 0.3) is 5.91 Å². The second-order valence-electron chi connectivity index (χ2n) is 6.52. The van der Waals surface area contributed by atoms with Crippen LogP contribution in [0, 0.1) is 11.3 Å². The van der Waals surface area contributed by atoms with Crippen molar-refractivity contribution in [3.63, 3.8) is 0 Å². The lowest BCUT2D eigenvalue weighted by Crippen LogP contribution is -2.45. The summed E-state index contributed by atoms with van der Waals surface area (Å²) in [5, 5.41) is 3.15. The van der Waals surface area contributed by atoms with Crippen molar-refractivity contribution in [3.05, 3.63) is 21.4 Å². The van der Waals surface area contributed by atoms with Gasteiger partial charge in [0.15, 0.2) is 5.11 Å². The summed E-state index contributed by atoms with van der Waals surface area (Å²) in [7, 11) is 1.71. The van der Waals surface area contributed by atoms with Crippen molar-refractivity contribution in [2.45, 2.75) is 40.0 Å². The van der Waals surface area contributed by atoms with Crippen molar-refractivity contribution in [2.75, 3.05) is 7.05 Å². The number of thiocarbonyl (C=S) groups is 1. The summed E-state index contributed by atoms with van der Waals surface area (Å²) in [6, 6.07) is 2.04. The molecule has 0 saturated heterocycles. The number of amides is 1. The van der Waals surface area contributed by atoms with E-state index in [2.05, 4.69) is 36.9 Å². The number of fused-ring (bicyclic) bond motifs is 1. The maximum Gasteiger partial charge on any atom is 0.279 e. The Morgan fingerprint density at radius 1 is 1.38 bits per heavy atom. The molecule has 0 bridgehead atoms. The lowest BCUT2D eigenvalue weighted by molar-refractivity contribution is 0.0948. The van der Waals surface area contributed by atoms with Crippen LogP contribution >= 0.6 is 23.6 Å². The number of nitrogens with one attached hydrogen (secondary N) is 3. The third-order valence-electron chi connectivity index (χ3n) is 4.05. The van der Waals surface area contributed by atoms with Crippen molar-refractivity contribution in [1.29, 1.82) is 0 Å². The molecule has 0 fully saturated rings. The van der Waals surface area contributed by atoms with Crippen LogP contribution in [0.4, 0.5) is 0 Å². The van der Waals surface area contributed by atoms with Gasteiger partial charge in [-0.2, -0.15) is 0 Å². The minimum Gasteiger partial charge on any atom is -0.364 e. The molecule has 1 aliphatic rings. The lowest BCUT2D eigenvalue weighted by Gasteiger charge is -2.33. The number of hydrogen-bond donors (Lipinski definition) is 3. The highest BCUT2D eigenvalue weighted by Gasteiger charge is 2.30. The fourth-order valence-corrected chi connectivity index (χ4v) is 3.77. The van der Waals surface area contributed by atoms with Crippen molar-refractivity contribution in [3.8, 4) is 0 Å². The smallest absolute Gasteiger partial charge is 0.279 e. The van der Waals surface area contributed by atoms with E-state index < -0.39 is 0 Å². The van der Waals surface area contributed by atoms with E-state index in [0.717, 1.165) is 17.7 Å². The average Bonchev–Trinajstić information content (AvgIpc) is 2.86. The Hall–Kier alpha value is -1.14. The van der Waals surface area contributed by atoms with Gasteiger partial charge >= 0.3 is 0 Å². The summed E-state index contributed by atoms with van der Waals surface area (Å²) < 4.78 is 0. The number of aryl methyl sites for hydroxylation is 1. The van der Waals surface area contributed by atoms with Gasteiger partial charge in [-0.1, -0.05) is 20.8 Å². The normalized spacial score (nSPS) is 17.8. The van der Waals surface area contributed by atoms with Crippen LogP contribution in [0.1, 0.15) is 47.3 Å². The topological polar surface area (TPSA) is 53.2 Å². The molecule has 6 heteroatoms. The summed E-state index contributed by atoms with van der Waals surface area (Å²) in [6.07, 6.45) is 3.36. The lowest BCUT2D eigenvalue weighted by atomic mass is 9.72. The van der Waals surface area contributed by atoms with Gasteiger partial charge in [0.2, 0.25) is 0 Å². The molecule has 0 aromatic carbocycles. The molecule has 1 aromatic rings. The Morgan fingerprint density at radius 2 is 2.10 bits per heavy atom. The number of carbonyl (C=O) groups is 1. The van der Waals surface area contributed by atoms with Crippen LogP contribution in [0.3, 0.4) is 0 Å². The molecule has 0 radical (unpaired) electrons. The van der Waals surface area contributed by atoms with Gasteiger partial charge in [-0.25, -0.2) is 0 Å². The van der Waals surface area contributed by atoms with Crippen molar-refractivity contribution in [1.82, 2.24) is 16.2 Å². The summed E-state index contributed by atoms with van der Waals surface area (Å²) in [4.78, 5) is 14.2. The van der Waals surface area contributed by atoms with E-state index >= 15 is 0 Å². The van der Waals surface area contributed by atoms with Gasteiger partial charge in [0.1, 0.15) is 0 Å². The number of thiophene rings is 1. The van der Waals surface area contributed by atoms with Gasteiger partial charge in [0.05, 0.1) is 4.88 Å². The van der Waals surface area contributed by atoms with E-state index in [1.54, 1.807) is 18.4 Å². The van der Waals surface area contributed by atoms with E-state index in [0.29, 0.717) is 16.4 Å². The van der Waals surface area contributed by atoms with E-state index in [4.69, 9.17) is 12.2 Å². The number of rotatable bonds is 1. The summed E-state index contributed by atoms with van der Waals surface area (Å²) in [6.45, 7) is 6.89. The maximum atomic E-state index is 12.1. The van der Waals surface area contributed by atoms with Crippen molar-refractivity contribution >= 4 is 34.6 Å². The van der Waals surface area contributed by atoms with Crippen LogP contribution in [0.15, 0.2) is 6.07 Å². The van der Waals surface area contributed by atoms with E-state index in [1.807, 2.05) is 6.07 Å². The first kappa shape index (κ1) is 16.2. The Labute approximate surface area is 135 Å². The molecular formula is C15H23N3OS2. The summed E-state index contributed by atoms with van der Waals surface area (Å²) in [5.41, 5.74) is 6.95. The average molecular weight is 326 g/mol. The Balaban J connectivity index is 2.04. The molecule has 4 nitrogen and oxygen atoms in total. The van der Waals surface area contributed by atoms with Crippen molar-refractivity contribution in [2.24, 2.45) is 11.3 Å². The highest BCUT2D eigenvalue weighted by atomic mass is 32.1. The fraction of sp³-hybridized carbons (Fsp3) is 0.600. The number of hydrogen-bond acceptors (Lipinski definition) is 3. The second kappa shape index (κ2) is 6.32. The minimum atomic E-state index is -0.126. The molecule has 1 aromatic heterocycles. The van der Waals surface area contributed by atoms with Gasteiger partial charge in [-0.15, -0.1) is 11.3 Å². The van der Waals surface area contributed by atoms with Crippen LogP contribution in [0.5, 0.6) is 0 Å². The van der Waals surface area contributed by atoms with Crippen LogP contribution in [0.2, 0.25) is 0 Å².